The smallest absolute Gasteiger partial charge is 0.295 e. The average Bonchev–Trinajstić information content (AvgIpc) is 2.54. The van der Waals surface area contributed by atoms with Crippen LogP contribution in [0.3, 0.4) is 0 Å². The van der Waals surface area contributed by atoms with E-state index in [1.54, 1.807) is 0 Å². The van der Waals surface area contributed by atoms with Crippen LogP contribution in [0.5, 0.6) is 0 Å². The van der Waals surface area contributed by atoms with Gasteiger partial charge >= 0.3 is 0 Å². The van der Waals surface area contributed by atoms with Crippen LogP contribution in [0.4, 0.5) is 0 Å². The van der Waals surface area contributed by atoms with Crippen molar-refractivity contribution >= 4 is 27.7 Å². The Morgan fingerprint density at radius 1 is 1.21 bits per heavy atom. The number of aromatic amines is 1. The van der Waals surface area contributed by atoms with E-state index in [4.69, 9.17) is 5.73 Å². The predicted molar refractivity (Wildman–Crippen MR) is 99.3 cm³/mol. The lowest BCUT2D eigenvalue weighted by Gasteiger charge is -2.33. The number of benzene rings is 1. The van der Waals surface area contributed by atoms with Crippen LogP contribution >= 0.6 is 15.9 Å². The number of H-pyrrole nitrogens is 1. The minimum atomic E-state index is -0.606. The van der Waals surface area contributed by atoms with Gasteiger partial charge in [0.25, 0.3) is 5.91 Å². The minimum Gasteiger partial charge on any atom is -0.386 e. The van der Waals surface area contributed by atoms with E-state index < -0.39 is 11.3 Å². The second kappa shape index (κ2) is 7.13. The predicted octanol–water partition coefficient (Wildman–Crippen LogP) is 3.25. The monoisotopic (exact) mass is 389 g/mol. The molecule has 5 nitrogen and oxygen atoms in total. The van der Waals surface area contributed by atoms with Crippen molar-refractivity contribution in [1.82, 2.24) is 4.98 Å². The summed E-state index contributed by atoms with van der Waals surface area (Å²) in [6, 6.07) is 12.1. The Morgan fingerprint density at radius 3 is 2.38 bits per heavy atom. The van der Waals surface area contributed by atoms with Gasteiger partial charge in [0.2, 0.25) is 5.56 Å². The van der Waals surface area contributed by atoms with E-state index in [0.717, 1.165) is 10.0 Å². The largest absolute Gasteiger partial charge is 0.386 e. The summed E-state index contributed by atoms with van der Waals surface area (Å²) >= 11 is 3.41. The zero-order valence-electron chi connectivity index (χ0n) is 13.8. The Morgan fingerprint density at radius 2 is 1.83 bits per heavy atom. The molecule has 0 aliphatic rings. The van der Waals surface area contributed by atoms with E-state index >= 15 is 0 Å². The highest BCUT2D eigenvalue weighted by Crippen LogP contribution is 2.33. The summed E-state index contributed by atoms with van der Waals surface area (Å²) in [7, 11) is 0. The first-order valence-electron chi connectivity index (χ1n) is 7.59. The van der Waals surface area contributed by atoms with Gasteiger partial charge in [-0.3, -0.25) is 9.59 Å². The molecule has 0 aliphatic carbocycles. The number of rotatable bonds is 4. The molecule has 0 saturated carbocycles. The lowest BCUT2D eigenvalue weighted by Crippen LogP contribution is -2.43. The van der Waals surface area contributed by atoms with Gasteiger partial charge in [-0.05, 0) is 36.6 Å². The van der Waals surface area contributed by atoms with Crippen molar-refractivity contribution in [2.45, 2.75) is 26.2 Å². The van der Waals surface area contributed by atoms with Crippen molar-refractivity contribution in [1.29, 1.82) is 0 Å². The molecule has 0 spiro atoms. The molecular weight excluding hydrogens is 370 g/mol. The molecule has 0 bridgehead atoms. The van der Waals surface area contributed by atoms with Crippen LogP contribution in [0.2, 0.25) is 0 Å². The molecular formula is C18H20BrN3O2. The second-order valence-electron chi connectivity index (χ2n) is 6.09. The molecule has 0 saturated heterocycles. The number of carbonyl (C=O) groups is 1. The third-order valence-electron chi connectivity index (χ3n) is 4.35. The van der Waals surface area contributed by atoms with Gasteiger partial charge in [-0.25, -0.2) is 0 Å². The third kappa shape index (κ3) is 3.64. The maximum absolute atomic E-state index is 12.3. The Kier molecular flexibility index (Phi) is 5.39. The molecule has 0 aliphatic heterocycles. The van der Waals surface area contributed by atoms with Crippen molar-refractivity contribution in [2.24, 2.45) is 16.6 Å². The fraction of sp³-hybridized carbons (Fsp3) is 0.278. The van der Waals surface area contributed by atoms with Gasteiger partial charge in [-0.2, -0.15) is 4.99 Å². The zero-order chi connectivity index (χ0) is 17.9. The summed E-state index contributed by atoms with van der Waals surface area (Å²) in [5, 5.41) is 0. The number of halogens is 1. The summed E-state index contributed by atoms with van der Waals surface area (Å²) < 4.78 is 0.964. The van der Waals surface area contributed by atoms with Crippen molar-refractivity contribution in [2.75, 3.05) is 0 Å². The summed E-state index contributed by atoms with van der Waals surface area (Å²) in [6.07, 6.45) is 0. The van der Waals surface area contributed by atoms with Crippen LogP contribution in [0.15, 0.2) is 56.7 Å². The van der Waals surface area contributed by atoms with E-state index in [2.05, 4.69) is 25.9 Å². The number of aliphatic imine (C=N–C) groups is 1. The number of carbonyl (C=O) groups excluding carboxylic acids is 1. The van der Waals surface area contributed by atoms with Gasteiger partial charge in [0, 0.05) is 10.5 Å². The molecule has 0 radical (unpaired) electrons. The van der Waals surface area contributed by atoms with Gasteiger partial charge in [0.15, 0.2) is 0 Å². The van der Waals surface area contributed by atoms with Crippen LogP contribution in [0.25, 0.3) is 0 Å². The fourth-order valence-corrected chi connectivity index (χ4v) is 2.70. The molecule has 2 rings (SSSR count). The normalized spacial score (nSPS) is 14.5. The van der Waals surface area contributed by atoms with Crippen molar-refractivity contribution in [3.8, 4) is 0 Å². The molecule has 1 aromatic carbocycles. The average molecular weight is 390 g/mol. The highest BCUT2D eigenvalue weighted by atomic mass is 79.9. The number of hydrogen-bond donors (Lipinski definition) is 2. The maximum Gasteiger partial charge on any atom is 0.295 e. The summed E-state index contributed by atoms with van der Waals surface area (Å²) in [5.74, 6) is -0.228. The van der Waals surface area contributed by atoms with Crippen LogP contribution in [0.1, 0.15) is 36.8 Å². The van der Waals surface area contributed by atoms with Gasteiger partial charge < -0.3 is 10.7 Å². The first kappa shape index (κ1) is 18.1. The molecule has 1 aromatic heterocycles. The highest BCUT2D eigenvalue weighted by molar-refractivity contribution is 9.10. The lowest BCUT2D eigenvalue weighted by molar-refractivity contribution is 0.0996. The van der Waals surface area contributed by atoms with Crippen molar-refractivity contribution < 1.29 is 4.79 Å². The standard InChI is InChI=1S/C18H20BrN3O2/c1-11(2)18(3,12-7-9-13(19)10-8-12)17(20)22-16(24)14-5-4-6-15(23)21-14/h4-11H,1-3H3,(H,21,23)(H2,20,22,24). The summed E-state index contributed by atoms with van der Waals surface area (Å²) in [4.78, 5) is 30.2. The third-order valence-corrected chi connectivity index (χ3v) is 4.88. The highest BCUT2D eigenvalue weighted by Gasteiger charge is 2.35. The lowest BCUT2D eigenvalue weighted by atomic mass is 9.72. The Balaban J connectivity index is 2.45. The first-order valence-corrected chi connectivity index (χ1v) is 8.38. The topological polar surface area (TPSA) is 88.3 Å². The van der Waals surface area contributed by atoms with Crippen molar-refractivity contribution in [3.63, 3.8) is 0 Å². The molecule has 3 N–H and O–H groups in total. The molecule has 1 unspecified atom stereocenters. The second-order valence-corrected chi connectivity index (χ2v) is 7.01. The summed E-state index contributed by atoms with van der Waals surface area (Å²) in [5.41, 5.74) is 6.35. The Labute approximate surface area is 149 Å². The number of nitrogens with zero attached hydrogens (tertiary/aromatic N) is 1. The molecule has 1 amide bonds. The zero-order valence-corrected chi connectivity index (χ0v) is 15.4. The number of nitrogens with one attached hydrogen (secondary N) is 1. The molecule has 1 heterocycles. The van der Waals surface area contributed by atoms with Gasteiger partial charge in [-0.1, -0.05) is 48.0 Å². The number of amidine groups is 1. The van der Waals surface area contributed by atoms with E-state index in [-0.39, 0.29) is 23.0 Å². The molecule has 1 atom stereocenters. The van der Waals surface area contributed by atoms with E-state index in [0.29, 0.717) is 0 Å². The number of aromatic nitrogens is 1. The summed E-state index contributed by atoms with van der Waals surface area (Å²) in [6.45, 7) is 6.01. The number of amides is 1. The number of hydrogen-bond acceptors (Lipinski definition) is 2. The van der Waals surface area contributed by atoms with E-state index in [1.807, 2.05) is 45.0 Å². The molecule has 0 fully saturated rings. The van der Waals surface area contributed by atoms with Gasteiger partial charge in [0.1, 0.15) is 11.5 Å². The van der Waals surface area contributed by atoms with Crippen LogP contribution < -0.4 is 11.3 Å². The maximum atomic E-state index is 12.3. The van der Waals surface area contributed by atoms with Gasteiger partial charge in [-0.15, -0.1) is 0 Å². The van der Waals surface area contributed by atoms with E-state index in [1.165, 1.54) is 18.2 Å². The number of nitrogens with two attached hydrogens (primary N) is 1. The molecule has 2 aromatic rings. The quantitative estimate of drug-likeness (QED) is 0.621. The Hall–Kier alpha value is -2.21. The first-order chi connectivity index (χ1) is 11.2. The minimum absolute atomic E-state index is 0.116. The van der Waals surface area contributed by atoms with Crippen LogP contribution in [-0.2, 0) is 5.41 Å². The SMILES string of the molecule is CC(C)C(C)(C(N)=NC(=O)c1cccc(=O)[nH]1)c1ccc(Br)cc1. The molecule has 126 valence electrons. The van der Waals surface area contributed by atoms with Crippen LogP contribution in [-0.4, -0.2) is 16.7 Å². The fourth-order valence-electron chi connectivity index (χ4n) is 2.43. The Bertz CT molecular complexity index is 825. The van der Waals surface area contributed by atoms with E-state index in [9.17, 15) is 9.59 Å². The molecule has 6 heteroatoms. The molecule has 24 heavy (non-hydrogen) atoms. The van der Waals surface area contributed by atoms with Gasteiger partial charge in [0.05, 0.1) is 5.41 Å². The van der Waals surface area contributed by atoms with Crippen molar-refractivity contribution in [3.05, 3.63) is 68.5 Å². The van der Waals surface area contributed by atoms with Crippen LogP contribution in [0, 0.1) is 5.92 Å². The number of pyridine rings is 1.